The van der Waals surface area contributed by atoms with Crippen molar-refractivity contribution in [3.8, 4) is 0 Å². The van der Waals surface area contributed by atoms with Crippen LogP contribution in [0.1, 0.15) is 64.2 Å². The average Bonchev–Trinajstić information content (AvgIpc) is 2.37. The molecule has 0 spiro atoms. The van der Waals surface area contributed by atoms with E-state index in [-0.39, 0.29) is 5.91 Å². The molecule has 0 rings (SSSR count). The molecule has 0 aromatic heterocycles. The average molecular weight is 274 g/mol. The van der Waals surface area contributed by atoms with Crippen molar-refractivity contribution in [1.29, 1.82) is 0 Å². The van der Waals surface area contributed by atoms with E-state index in [9.17, 15) is 4.79 Å². The Kier molecular flexibility index (Phi) is 14.7. The van der Waals surface area contributed by atoms with Gasteiger partial charge in [0.15, 0.2) is 0 Å². The quantitative estimate of drug-likeness (QED) is 0.357. The molecular formula is C14H30N2OS. The predicted octanol–water partition coefficient (Wildman–Crippen LogP) is 2.89. The smallest absolute Gasteiger partial charge is 0.219 e. The highest BCUT2D eigenvalue weighted by Crippen LogP contribution is 2.09. The fourth-order valence-electron chi connectivity index (χ4n) is 1.88. The summed E-state index contributed by atoms with van der Waals surface area (Å²) in [6.45, 7) is 1.37. The first-order valence-corrected chi connectivity index (χ1v) is 8.02. The summed E-state index contributed by atoms with van der Waals surface area (Å²) in [7, 11) is 0. The first-order valence-electron chi connectivity index (χ1n) is 7.39. The molecule has 0 unspecified atom stereocenters. The Balaban J connectivity index is 3.08. The van der Waals surface area contributed by atoms with Gasteiger partial charge < -0.3 is 11.1 Å². The van der Waals surface area contributed by atoms with Gasteiger partial charge >= 0.3 is 0 Å². The minimum absolute atomic E-state index is 0.178. The molecule has 0 heterocycles. The van der Waals surface area contributed by atoms with E-state index in [1.165, 1.54) is 44.9 Å². The molecule has 0 aromatic rings. The Hall–Kier alpha value is -0.220. The molecule has 0 saturated carbocycles. The Morgan fingerprint density at radius 1 is 0.889 bits per heavy atom. The number of rotatable bonds is 13. The third kappa shape index (κ3) is 13.8. The van der Waals surface area contributed by atoms with Gasteiger partial charge in [0.05, 0.1) is 0 Å². The molecule has 108 valence electrons. The van der Waals surface area contributed by atoms with Gasteiger partial charge in [-0.25, -0.2) is 0 Å². The lowest BCUT2D eigenvalue weighted by Crippen LogP contribution is -2.25. The number of hydrogen-bond donors (Lipinski definition) is 3. The monoisotopic (exact) mass is 274 g/mol. The number of nitrogens with one attached hydrogen (secondary N) is 1. The Morgan fingerprint density at radius 3 is 2.00 bits per heavy atom. The maximum absolute atomic E-state index is 11.4. The van der Waals surface area contributed by atoms with Gasteiger partial charge in [-0.2, -0.15) is 12.6 Å². The van der Waals surface area contributed by atoms with Gasteiger partial charge in [0.25, 0.3) is 0 Å². The van der Waals surface area contributed by atoms with Crippen LogP contribution in [0.2, 0.25) is 0 Å². The van der Waals surface area contributed by atoms with Crippen molar-refractivity contribution in [3.05, 3.63) is 0 Å². The summed E-state index contributed by atoms with van der Waals surface area (Å²) in [4.78, 5) is 11.4. The van der Waals surface area contributed by atoms with Crippen molar-refractivity contribution < 1.29 is 4.79 Å². The molecule has 0 saturated heterocycles. The minimum atomic E-state index is 0.178. The van der Waals surface area contributed by atoms with E-state index in [1.54, 1.807) is 0 Å². The fraction of sp³-hybridized carbons (Fsp3) is 0.929. The van der Waals surface area contributed by atoms with Crippen molar-refractivity contribution in [2.24, 2.45) is 5.73 Å². The number of hydrogen-bond acceptors (Lipinski definition) is 3. The molecule has 0 atom stereocenters. The van der Waals surface area contributed by atoms with Crippen LogP contribution in [-0.2, 0) is 4.79 Å². The molecule has 1 amide bonds. The Bertz CT molecular complexity index is 189. The molecule has 0 aliphatic rings. The van der Waals surface area contributed by atoms with Crippen LogP contribution in [0.15, 0.2) is 0 Å². The first-order chi connectivity index (χ1) is 8.81. The highest BCUT2D eigenvalue weighted by Gasteiger charge is 1.99. The van der Waals surface area contributed by atoms with E-state index in [2.05, 4.69) is 17.9 Å². The predicted molar refractivity (Wildman–Crippen MR) is 82.1 cm³/mol. The maximum atomic E-state index is 11.4. The minimum Gasteiger partial charge on any atom is -0.356 e. The molecule has 0 aliphatic heterocycles. The van der Waals surface area contributed by atoms with Crippen molar-refractivity contribution in [2.75, 3.05) is 18.8 Å². The molecule has 0 fully saturated rings. The second-order valence-electron chi connectivity index (χ2n) is 4.79. The van der Waals surface area contributed by atoms with Gasteiger partial charge in [-0.15, -0.1) is 0 Å². The summed E-state index contributed by atoms with van der Waals surface area (Å²) >= 11 is 4.20. The van der Waals surface area contributed by atoms with Crippen LogP contribution >= 0.6 is 12.6 Å². The van der Waals surface area contributed by atoms with Crippen molar-refractivity contribution in [3.63, 3.8) is 0 Å². The van der Waals surface area contributed by atoms with E-state index in [4.69, 9.17) is 5.73 Å². The van der Waals surface area contributed by atoms with E-state index < -0.39 is 0 Å². The fourth-order valence-corrected chi connectivity index (χ4v) is 2.10. The number of unbranched alkanes of at least 4 members (excludes halogenated alkanes) is 7. The summed E-state index contributed by atoms with van der Waals surface area (Å²) in [5.41, 5.74) is 5.36. The molecule has 0 aliphatic carbocycles. The Labute approximate surface area is 118 Å². The van der Waals surface area contributed by atoms with Crippen LogP contribution in [0, 0.1) is 0 Å². The molecule has 0 radical (unpaired) electrons. The highest BCUT2D eigenvalue weighted by molar-refractivity contribution is 7.80. The number of nitrogens with two attached hydrogens (primary N) is 1. The van der Waals surface area contributed by atoms with E-state index in [0.29, 0.717) is 13.0 Å². The van der Waals surface area contributed by atoms with E-state index in [1.807, 2.05) is 0 Å². The molecule has 3 nitrogen and oxygen atoms in total. The van der Waals surface area contributed by atoms with Crippen LogP contribution in [-0.4, -0.2) is 24.7 Å². The largest absolute Gasteiger partial charge is 0.356 e. The third-order valence-corrected chi connectivity index (χ3v) is 3.33. The van der Waals surface area contributed by atoms with Crippen molar-refractivity contribution in [2.45, 2.75) is 64.2 Å². The van der Waals surface area contributed by atoms with Gasteiger partial charge in [-0.1, -0.05) is 38.5 Å². The molecule has 4 heteroatoms. The lowest BCUT2D eigenvalue weighted by atomic mass is 10.1. The Morgan fingerprint density at radius 2 is 1.44 bits per heavy atom. The third-order valence-electron chi connectivity index (χ3n) is 3.02. The van der Waals surface area contributed by atoms with Crippen LogP contribution in [0.4, 0.5) is 0 Å². The topological polar surface area (TPSA) is 55.1 Å². The molecule has 0 bridgehead atoms. The molecule has 3 N–H and O–H groups in total. The number of amides is 1. The summed E-state index contributed by atoms with van der Waals surface area (Å²) < 4.78 is 0. The van der Waals surface area contributed by atoms with Crippen molar-refractivity contribution >= 4 is 18.5 Å². The molecule has 18 heavy (non-hydrogen) atoms. The molecular weight excluding hydrogens is 244 g/mol. The van der Waals surface area contributed by atoms with Crippen LogP contribution in [0.3, 0.4) is 0 Å². The summed E-state index contributed by atoms with van der Waals surface area (Å²) in [5, 5.41) is 2.88. The van der Waals surface area contributed by atoms with Gasteiger partial charge in [-0.3, -0.25) is 4.79 Å². The maximum Gasteiger partial charge on any atom is 0.219 e. The van der Waals surface area contributed by atoms with Gasteiger partial charge in [0, 0.05) is 13.0 Å². The summed E-state index contributed by atoms with van der Waals surface area (Å²) in [6.07, 6.45) is 11.5. The zero-order valence-corrected chi connectivity index (χ0v) is 12.5. The zero-order chi connectivity index (χ0) is 13.5. The number of thiol groups is 1. The van der Waals surface area contributed by atoms with E-state index >= 15 is 0 Å². The van der Waals surface area contributed by atoms with Crippen molar-refractivity contribution in [1.82, 2.24) is 5.32 Å². The molecule has 0 aromatic carbocycles. The number of carbonyl (C=O) groups excluding carboxylic acids is 1. The SMILES string of the molecule is NCCCNC(=O)CCCCCCCCCCS. The second kappa shape index (κ2) is 14.8. The van der Waals surface area contributed by atoms with E-state index in [0.717, 1.165) is 25.1 Å². The van der Waals surface area contributed by atoms with Gasteiger partial charge in [0.2, 0.25) is 5.91 Å². The van der Waals surface area contributed by atoms with Crippen LogP contribution in [0.25, 0.3) is 0 Å². The lowest BCUT2D eigenvalue weighted by Gasteiger charge is -2.04. The highest BCUT2D eigenvalue weighted by atomic mass is 32.1. The standard InChI is InChI=1S/C14H30N2OS/c15-11-9-12-16-14(17)10-7-5-3-1-2-4-6-8-13-18/h18H,1-13,15H2,(H,16,17). The second-order valence-corrected chi connectivity index (χ2v) is 5.24. The van der Waals surface area contributed by atoms with Crippen LogP contribution in [0.5, 0.6) is 0 Å². The number of carbonyl (C=O) groups is 1. The zero-order valence-electron chi connectivity index (χ0n) is 11.6. The van der Waals surface area contributed by atoms with Gasteiger partial charge in [0.1, 0.15) is 0 Å². The van der Waals surface area contributed by atoms with Crippen LogP contribution < -0.4 is 11.1 Å². The normalized spacial score (nSPS) is 10.6. The summed E-state index contributed by atoms with van der Waals surface area (Å²) in [6, 6.07) is 0. The van der Waals surface area contributed by atoms with Gasteiger partial charge in [-0.05, 0) is 31.6 Å². The first kappa shape index (κ1) is 17.8. The lowest BCUT2D eigenvalue weighted by molar-refractivity contribution is -0.121. The summed E-state index contributed by atoms with van der Waals surface area (Å²) in [5.74, 6) is 1.19.